The maximum Gasteiger partial charge on any atom is 3.00 e. The number of carboxylic acids is 3. The van der Waals surface area contributed by atoms with Crippen molar-refractivity contribution in [3.05, 3.63) is 35.9 Å². The summed E-state index contributed by atoms with van der Waals surface area (Å²) in [6.07, 6.45) is 10.6. The van der Waals surface area contributed by atoms with E-state index in [9.17, 15) is 29.7 Å². The van der Waals surface area contributed by atoms with Crippen molar-refractivity contribution in [2.24, 2.45) is 17.8 Å². The number of unbranched alkanes of at least 4 members (excludes halogenated alkanes) is 3. The summed E-state index contributed by atoms with van der Waals surface area (Å²) in [5, 5.41) is 31.0. The Hall–Kier alpha value is -1.05. The topological polar surface area (TPSA) is 120 Å². The molecule has 1 aromatic carbocycles. The monoisotopic (exact) mass is 679 g/mol. The number of hydrogen-bond donors (Lipinski definition) is 0. The quantitative estimate of drug-likeness (QED) is 0.262. The standard InChI is InChI=1S/3C8H16O2.C7H8.Gd/c3*1-3-5-6-7(4-2)8(9)10;1-7-5-3-2-4-6-7;/h3*7H,3-6H2,1-2H3,(H,9,10);2-6H,1H3;/q;;;;+3/p-3. The normalized spacial score (nSPS) is 11.9. The van der Waals surface area contributed by atoms with Crippen LogP contribution in [0, 0.1) is 64.6 Å². The molecule has 0 saturated carbocycles. The first-order valence-corrected chi connectivity index (χ1v) is 14.2. The van der Waals surface area contributed by atoms with Crippen LogP contribution < -0.4 is 15.3 Å². The minimum atomic E-state index is -0.893. The van der Waals surface area contributed by atoms with Crippen LogP contribution in [0.3, 0.4) is 0 Å². The van der Waals surface area contributed by atoms with E-state index in [1.54, 1.807) is 0 Å². The van der Waals surface area contributed by atoms with Gasteiger partial charge in [-0.1, -0.05) is 116 Å². The second-order valence-corrected chi connectivity index (χ2v) is 9.35. The fourth-order valence-corrected chi connectivity index (χ4v) is 3.35. The van der Waals surface area contributed by atoms with E-state index in [0.29, 0.717) is 19.3 Å². The van der Waals surface area contributed by atoms with Crippen molar-refractivity contribution in [1.29, 1.82) is 0 Å². The Morgan fingerprint density at radius 3 is 0.974 bits per heavy atom. The SMILES string of the molecule is CCCCC(CC)C(=O)[O-].CCCCC(CC)C(=O)[O-].CCCCC(CC)C(=O)[O-].Cc1ccccc1.[Gd+3]. The number of benzene rings is 1. The number of carboxylic acid groups (broad SMARTS) is 3. The van der Waals surface area contributed by atoms with Crippen molar-refractivity contribution >= 4 is 17.9 Å². The van der Waals surface area contributed by atoms with Crippen LogP contribution in [-0.4, -0.2) is 17.9 Å². The van der Waals surface area contributed by atoms with Gasteiger partial charge in [0.1, 0.15) is 0 Å². The third-order valence-corrected chi connectivity index (χ3v) is 6.14. The number of hydrogen-bond acceptors (Lipinski definition) is 6. The molecule has 0 aliphatic heterocycles. The summed E-state index contributed by atoms with van der Waals surface area (Å²) in [4.78, 5) is 31.0. The maximum absolute atomic E-state index is 10.3. The van der Waals surface area contributed by atoms with Gasteiger partial charge in [-0.25, -0.2) is 0 Å². The van der Waals surface area contributed by atoms with Crippen LogP contribution in [0.15, 0.2) is 30.3 Å². The van der Waals surface area contributed by atoms with E-state index in [4.69, 9.17) is 0 Å². The van der Waals surface area contributed by atoms with E-state index < -0.39 is 17.9 Å². The van der Waals surface area contributed by atoms with Gasteiger partial charge in [0, 0.05) is 17.9 Å². The van der Waals surface area contributed by atoms with E-state index in [-0.39, 0.29) is 57.7 Å². The molecule has 3 unspecified atom stereocenters. The average molecular weight is 679 g/mol. The van der Waals surface area contributed by atoms with Crippen LogP contribution in [0.1, 0.15) is 124 Å². The molecule has 0 aromatic heterocycles. The summed E-state index contributed by atoms with van der Waals surface area (Å²) >= 11 is 0. The molecule has 0 aliphatic carbocycles. The Bertz CT molecular complexity index is 604. The molecule has 0 N–H and O–H groups in total. The molecular weight excluding hydrogens is 626 g/mol. The first-order valence-electron chi connectivity index (χ1n) is 14.2. The second kappa shape index (κ2) is 32.2. The summed E-state index contributed by atoms with van der Waals surface area (Å²) in [6.45, 7) is 13.9. The van der Waals surface area contributed by atoms with E-state index in [0.717, 1.165) is 57.8 Å². The molecule has 6 nitrogen and oxygen atoms in total. The number of carbonyl (C=O) groups is 3. The van der Waals surface area contributed by atoms with Gasteiger partial charge in [0.15, 0.2) is 0 Å². The summed E-state index contributed by atoms with van der Waals surface area (Å²) in [6, 6.07) is 10.3. The van der Waals surface area contributed by atoms with Gasteiger partial charge < -0.3 is 29.7 Å². The summed E-state index contributed by atoms with van der Waals surface area (Å²) in [7, 11) is 0. The third-order valence-electron chi connectivity index (χ3n) is 6.14. The zero-order chi connectivity index (χ0) is 29.1. The fraction of sp³-hybridized carbons (Fsp3) is 0.710. The fourth-order valence-electron chi connectivity index (χ4n) is 3.35. The molecule has 0 amide bonds. The number of rotatable bonds is 15. The Kier molecular flexibility index (Phi) is 37.2. The predicted molar refractivity (Wildman–Crippen MR) is 146 cm³/mol. The molecule has 3 atom stereocenters. The van der Waals surface area contributed by atoms with Crippen molar-refractivity contribution in [2.75, 3.05) is 0 Å². The Labute approximate surface area is 265 Å². The van der Waals surface area contributed by atoms with Crippen molar-refractivity contribution in [3.8, 4) is 0 Å². The summed E-state index contributed by atoms with van der Waals surface area (Å²) < 4.78 is 0. The summed E-state index contributed by atoms with van der Waals surface area (Å²) in [5.41, 5.74) is 1.32. The van der Waals surface area contributed by atoms with Crippen molar-refractivity contribution in [3.63, 3.8) is 0 Å². The van der Waals surface area contributed by atoms with Crippen LogP contribution in [0.2, 0.25) is 0 Å². The molecular formula is C31H53GdO6. The molecule has 0 spiro atoms. The zero-order valence-corrected chi connectivity index (χ0v) is 27.2. The number of aliphatic carboxylic acids is 3. The van der Waals surface area contributed by atoms with Crippen molar-refractivity contribution in [2.45, 2.75) is 126 Å². The van der Waals surface area contributed by atoms with Crippen molar-refractivity contribution in [1.82, 2.24) is 0 Å². The second-order valence-electron chi connectivity index (χ2n) is 9.35. The minimum absolute atomic E-state index is 0. The van der Waals surface area contributed by atoms with Crippen LogP contribution >= 0.6 is 0 Å². The van der Waals surface area contributed by atoms with Gasteiger partial charge in [0.05, 0.1) is 0 Å². The van der Waals surface area contributed by atoms with Crippen LogP contribution in [-0.2, 0) is 14.4 Å². The van der Waals surface area contributed by atoms with E-state index >= 15 is 0 Å². The molecule has 0 saturated heterocycles. The molecule has 0 heterocycles. The van der Waals surface area contributed by atoms with Crippen LogP contribution in [0.4, 0.5) is 0 Å². The molecule has 1 rings (SSSR count). The molecule has 0 aliphatic rings. The molecule has 7 heteroatoms. The molecule has 221 valence electrons. The van der Waals surface area contributed by atoms with Gasteiger partial charge in [0.25, 0.3) is 0 Å². The first kappa shape index (κ1) is 44.0. The average Bonchev–Trinajstić information content (AvgIpc) is 2.86. The Morgan fingerprint density at radius 2 is 0.842 bits per heavy atom. The minimum Gasteiger partial charge on any atom is -0.550 e. The predicted octanol–water partition coefficient (Wildman–Crippen LogP) is 4.85. The van der Waals surface area contributed by atoms with Gasteiger partial charge >= 0.3 is 39.9 Å². The number of aryl methyl sites for hydroxylation is 1. The van der Waals surface area contributed by atoms with Gasteiger partial charge in [-0.05, 0) is 63.2 Å². The number of carbonyl (C=O) groups excluding carboxylic acids is 3. The molecule has 0 fully saturated rings. The third kappa shape index (κ3) is 29.5. The van der Waals surface area contributed by atoms with Gasteiger partial charge in [-0.15, -0.1) is 0 Å². The van der Waals surface area contributed by atoms with E-state index in [1.807, 2.05) is 39.0 Å². The van der Waals surface area contributed by atoms with Gasteiger partial charge in [-0.2, -0.15) is 0 Å². The first-order chi connectivity index (χ1) is 17.6. The Balaban J connectivity index is -0.000000202. The van der Waals surface area contributed by atoms with Crippen LogP contribution in [0.25, 0.3) is 0 Å². The smallest absolute Gasteiger partial charge is 0.550 e. The largest absolute Gasteiger partial charge is 3.00 e. The van der Waals surface area contributed by atoms with Crippen LogP contribution in [0.5, 0.6) is 0 Å². The van der Waals surface area contributed by atoms with E-state index in [1.165, 1.54) is 5.56 Å². The Morgan fingerprint density at radius 1 is 0.579 bits per heavy atom. The zero-order valence-electron chi connectivity index (χ0n) is 24.9. The van der Waals surface area contributed by atoms with Gasteiger partial charge in [0.2, 0.25) is 0 Å². The molecule has 1 radical (unpaired) electrons. The van der Waals surface area contributed by atoms with Crippen molar-refractivity contribution < 1.29 is 69.6 Å². The van der Waals surface area contributed by atoms with E-state index in [2.05, 4.69) is 39.8 Å². The molecule has 0 bridgehead atoms. The molecule has 1 aromatic rings. The molecule has 38 heavy (non-hydrogen) atoms. The maximum atomic E-state index is 10.3. The van der Waals surface area contributed by atoms with Gasteiger partial charge in [-0.3, -0.25) is 0 Å². The summed E-state index contributed by atoms with van der Waals surface area (Å²) in [5.74, 6) is -3.34.